The first-order valence-electron chi connectivity index (χ1n) is 10.8. The van der Waals surface area contributed by atoms with Crippen molar-refractivity contribution in [1.29, 1.82) is 0 Å². The molecular weight excluding hydrogens is 487 g/mol. The van der Waals surface area contributed by atoms with E-state index in [9.17, 15) is 19.3 Å². The maximum atomic E-state index is 14.7. The fourth-order valence-corrected chi connectivity index (χ4v) is 4.13. The van der Waals surface area contributed by atoms with Crippen molar-refractivity contribution in [3.63, 3.8) is 0 Å². The maximum absolute atomic E-state index is 14.7. The average molecular weight is 505 g/mol. The van der Waals surface area contributed by atoms with E-state index in [1.54, 1.807) is 23.6 Å². The van der Waals surface area contributed by atoms with Gasteiger partial charge in [0, 0.05) is 34.3 Å². The number of aryl methyl sites for hydroxylation is 1. The summed E-state index contributed by atoms with van der Waals surface area (Å²) in [4.78, 5) is 28.2. The molecule has 5 aromatic rings. The Morgan fingerprint density at radius 3 is 2.67 bits per heavy atom. The molecule has 0 aliphatic rings. The molecule has 2 aromatic heterocycles. The summed E-state index contributed by atoms with van der Waals surface area (Å²) in [6.07, 6.45) is 0. The van der Waals surface area contributed by atoms with Crippen LogP contribution in [0.5, 0.6) is 0 Å². The van der Waals surface area contributed by atoms with Crippen molar-refractivity contribution in [2.24, 2.45) is 0 Å². The average Bonchev–Trinajstić information content (AvgIpc) is 3.41. The molecule has 0 fully saturated rings. The molecule has 180 valence electrons. The van der Waals surface area contributed by atoms with Gasteiger partial charge in [0.05, 0.1) is 28.2 Å². The van der Waals surface area contributed by atoms with Gasteiger partial charge >= 0.3 is 0 Å². The van der Waals surface area contributed by atoms with Crippen molar-refractivity contribution in [2.45, 2.75) is 13.5 Å². The number of rotatable bonds is 6. The van der Waals surface area contributed by atoms with Crippen molar-refractivity contribution in [3.8, 4) is 5.95 Å². The van der Waals surface area contributed by atoms with E-state index in [1.165, 1.54) is 41.1 Å². The molecule has 9 nitrogen and oxygen atoms in total. The Morgan fingerprint density at radius 1 is 1.11 bits per heavy atom. The van der Waals surface area contributed by atoms with Crippen molar-refractivity contribution >= 4 is 40.0 Å². The summed E-state index contributed by atoms with van der Waals surface area (Å²) in [5.41, 5.74) is 2.15. The Kier molecular flexibility index (Phi) is 5.95. The number of aromatic nitrogens is 4. The van der Waals surface area contributed by atoms with Crippen LogP contribution >= 0.6 is 11.6 Å². The number of carbonyl (C=O) groups excluding carboxylic acids is 1. The van der Waals surface area contributed by atoms with Gasteiger partial charge in [-0.25, -0.2) is 9.37 Å². The molecule has 1 N–H and O–H groups in total. The number of fused-ring (bicyclic) bond motifs is 1. The first kappa shape index (κ1) is 23.2. The molecule has 0 saturated heterocycles. The van der Waals surface area contributed by atoms with Gasteiger partial charge in [0.1, 0.15) is 11.6 Å². The van der Waals surface area contributed by atoms with Gasteiger partial charge in [-0.1, -0.05) is 35.9 Å². The largest absolute Gasteiger partial charge is 0.306 e. The number of halogens is 2. The zero-order valence-corrected chi connectivity index (χ0v) is 19.6. The summed E-state index contributed by atoms with van der Waals surface area (Å²) in [5.74, 6) is -0.389. The predicted octanol–water partition coefficient (Wildman–Crippen LogP) is 5.53. The summed E-state index contributed by atoms with van der Waals surface area (Å²) >= 11 is 6.30. The van der Waals surface area contributed by atoms with Crippen LogP contribution in [0.4, 0.5) is 15.9 Å². The molecule has 2 heterocycles. The van der Waals surface area contributed by atoms with E-state index in [4.69, 9.17) is 11.6 Å². The second-order valence-electron chi connectivity index (χ2n) is 8.03. The highest BCUT2D eigenvalue weighted by molar-refractivity contribution is 6.31. The fraction of sp³-hybridized carbons (Fsp3) is 0.0800. The first-order valence-corrected chi connectivity index (χ1v) is 11.2. The molecule has 0 aliphatic carbocycles. The summed E-state index contributed by atoms with van der Waals surface area (Å²) < 4.78 is 17.9. The number of hydrogen-bond acceptors (Lipinski definition) is 5. The lowest BCUT2D eigenvalue weighted by Crippen LogP contribution is -2.17. The number of nitrogens with zero attached hydrogens (tertiary/aromatic N) is 5. The number of nitro groups is 1. The molecule has 0 unspecified atom stereocenters. The van der Waals surface area contributed by atoms with Crippen LogP contribution in [0.2, 0.25) is 5.02 Å². The second kappa shape index (κ2) is 9.23. The number of benzene rings is 3. The molecule has 0 bridgehead atoms. The van der Waals surface area contributed by atoms with E-state index in [2.05, 4.69) is 15.4 Å². The van der Waals surface area contributed by atoms with Crippen molar-refractivity contribution < 1.29 is 14.1 Å². The molecule has 0 saturated carbocycles. The Balaban J connectivity index is 1.59. The topological polar surface area (TPSA) is 108 Å². The predicted molar refractivity (Wildman–Crippen MR) is 133 cm³/mol. The van der Waals surface area contributed by atoms with Crippen LogP contribution in [0, 0.1) is 22.9 Å². The van der Waals surface area contributed by atoms with Crippen LogP contribution < -0.4 is 5.32 Å². The number of non-ortho nitro benzene ring substituents is 1. The molecule has 3 aromatic carbocycles. The minimum absolute atomic E-state index is 0.0680. The zero-order valence-electron chi connectivity index (χ0n) is 18.9. The normalized spacial score (nSPS) is 11.1. The van der Waals surface area contributed by atoms with Crippen LogP contribution in [0.1, 0.15) is 21.6 Å². The number of amides is 1. The second-order valence-corrected chi connectivity index (χ2v) is 8.44. The van der Waals surface area contributed by atoms with E-state index in [0.29, 0.717) is 23.0 Å². The summed E-state index contributed by atoms with van der Waals surface area (Å²) in [6.45, 7) is 1.82. The number of para-hydroxylation sites is 2. The van der Waals surface area contributed by atoms with Gasteiger partial charge in [-0.15, -0.1) is 0 Å². The Morgan fingerprint density at radius 2 is 1.89 bits per heavy atom. The van der Waals surface area contributed by atoms with Gasteiger partial charge in [-0.3, -0.25) is 14.9 Å². The van der Waals surface area contributed by atoms with Gasteiger partial charge in [-0.05, 0) is 37.3 Å². The fourth-order valence-electron chi connectivity index (χ4n) is 3.91. The zero-order chi connectivity index (χ0) is 25.4. The molecule has 5 rings (SSSR count). The van der Waals surface area contributed by atoms with E-state index in [1.807, 2.05) is 24.3 Å². The molecular formula is C25H18ClFN6O3. The number of imidazole rings is 1. The van der Waals surface area contributed by atoms with E-state index < -0.39 is 16.6 Å². The van der Waals surface area contributed by atoms with Gasteiger partial charge in [0.25, 0.3) is 11.6 Å². The highest BCUT2D eigenvalue weighted by Gasteiger charge is 2.21. The Hall–Kier alpha value is -4.57. The van der Waals surface area contributed by atoms with Gasteiger partial charge < -0.3 is 9.88 Å². The van der Waals surface area contributed by atoms with Crippen LogP contribution in [0.15, 0.2) is 72.8 Å². The highest BCUT2D eigenvalue weighted by atomic mass is 35.5. The van der Waals surface area contributed by atoms with E-state index in [0.717, 1.165) is 5.52 Å². The molecule has 0 aliphatic heterocycles. The summed E-state index contributed by atoms with van der Waals surface area (Å²) in [6, 6.07) is 18.9. The number of hydrogen-bond donors (Lipinski definition) is 1. The number of carbonyl (C=O) groups is 1. The molecule has 11 heteroatoms. The summed E-state index contributed by atoms with van der Waals surface area (Å²) in [5, 5.41) is 18.6. The highest BCUT2D eigenvalue weighted by Crippen LogP contribution is 2.27. The Labute approximate surface area is 208 Å². The maximum Gasteiger partial charge on any atom is 0.270 e. The van der Waals surface area contributed by atoms with Crippen LogP contribution in [0.3, 0.4) is 0 Å². The van der Waals surface area contributed by atoms with Crippen molar-refractivity contribution in [2.75, 3.05) is 5.32 Å². The van der Waals surface area contributed by atoms with Gasteiger partial charge in [0.2, 0.25) is 5.95 Å². The lowest BCUT2D eigenvalue weighted by atomic mass is 10.2. The van der Waals surface area contributed by atoms with Crippen LogP contribution in [-0.2, 0) is 6.54 Å². The third-order valence-electron chi connectivity index (χ3n) is 5.59. The van der Waals surface area contributed by atoms with Crippen molar-refractivity contribution in [3.05, 3.63) is 111 Å². The van der Waals surface area contributed by atoms with Crippen LogP contribution in [-0.4, -0.2) is 30.2 Å². The van der Waals surface area contributed by atoms with Gasteiger partial charge in [-0.2, -0.15) is 9.78 Å². The lowest BCUT2D eigenvalue weighted by Gasteiger charge is -2.13. The number of nitrogens with one attached hydrogen (secondary N) is 1. The minimum atomic E-state index is -0.568. The molecule has 0 radical (unpaired) electrons. The molecule has 0 atom stereocenters. The summed E-state index contributed by atoms with van der Waals surface area (Å²) in [7, 11) is 0. The molecule has 1 amide bonds. The number of nitro benzene ring substituents is 1. The third kappa shape index (κ3) is 4.29. The van der Waals surface area contributed by atoms with Crippen LogP contribution in [0.25, 0.3) is 17.0 Å². The SMILES string of the molecule is Cc1cc(NC(=O)c2cccc([N+](=O)[O-])c2)n(-c2nc3ccccc3n2Cc2c(F)cccc2Cl)n1. The standard InChI is InChI=1S/C25H18ClFN6O3/c1-15-12-23(29-24(34)16-6-4-7-17(13-16)33(35)36)32(30-15)25-28-21-10-2-3-11-22(21)31(25)14-18-19(26)8-5-9-20(18)27/h2-13H,14H2,1H3,(H,29,34). The third-order valence-corrected chi connectivity index (χ3v) is 5.95. The van der Waals surface area contributed by atoms with E-state index in [-0.39, 0.29) is 28.4 Å². The van der Waals surface area contributed by atoms with Crippen molar-refractivity contribution in [1.82, 2.24) is 19.3 Å². The quantitative estimate of drug-likeness (QED) is 0.241. The Bertz CT molecular complexity index is 1620. The lowest BCUT2D eigenvalue weighted by molar-refractivity contribution is -0.384. The number of anilines is 1. The smallest absolute Gasteiger partial charge is 0.270 e. The molecule has 0 spiro atoms. The monoisotopic (exact) mass is 504 g/mol. The molecule has 36 heavy (non-hydrogen) atoms. The first-order chi connectivity index (χ1) is 17.3. The van der Waals surface area contributed by atoms with E-state index >= 15 is 0 Å². The minimum Gasteiger partial charge on any atom is -0.306 e. The van der Waals surface area contributed by atoms with Gasteiger partial charge in [0.15, 0.2) is 0 Å².